The highest BCUT2D eigenvalue weighted by molar-refractivity contribution is 5.29. The van der Waals surface area contributed by atoms with Crippen LogP contribution in [0.1, 0.15) is 37.1 Å². The van der Waals surface area contributed by atoms with Gasteiger partial charge in [-0.1, -0.05) is 12.8 Å². The summed E-state index contributed by atoms with van der Waals surface area (Å²) in [6, 6.07) is 2.54. The van der Waals surface area contributed by atoms with Crippen molar-refractivity contribution >= 4 is 5.95 Å². The summed E-state index contributed by atoms with van der Waals surface area (Å²) < 4.78 is 0. The van der Waals surface area contributed by atoms with Crippen LogP contribution in [-0.2, 0) is 0 Å². The topological polar surface area (TPSA) is 63.8 Å². The zero-order valence-electron chi connectivity index (χ0n) is 10.0. The van der Waals surface area contributed by atoms with Crippen molar-refractivity contribution < 1.29 is 0 Å². The molecule has 1 aliphatic carbocycles. The molecule has 2 rings (SSSR count). The first-order valence-corrected chi connectivity index (χ1v) is 5.99. The summed E-state index contributed by atoms with van der Waals surface area (Å²) in [6.07, 6.45) is 4.71. The van der Waals surface area contributed by atoms with Gasteiger partial charge >= 0.3 is 0 Å². The van der Waals surface area contributed by atoms with Gasteiger partial charge in [0, 0.05) is 23.5 Å². The van der Waals surface area contributed by atoms with Gasteiger partial charge in [-0.05, 0) is 32.8 Å². The lowest BCUT2D eigenvalue weighted by molar-refractivity contribution is 0.402. The number of hydrogen-bond acceptors (Lipinski definition) is 4. The van der Waals surface area contributed by atoms with Crippen LogP contribution in [0.15, 0.2) is 6.07 Å². The van der Waals surface area contributed by atoms with Gasteiger partial charge in [0.2, 0.25) is 5.95 Å². The Bertz CT molecular complexity index is 344. The van der Waals surface area contributed by atoms with Crippen molar-refractivity contribution in [3.63, 3.8) is 0 Å². The second kappa shape index (κ2) is 4.78. The van der Waals surface area contributed by atoms with Crippen LogP contribution in [0.3, 0.4) is 0 Å². The van der Waals surface area contributed by atoms with E-state index in [0.29, 0.717) is 6.04 Å². The van der Waals surface area contributed by atoms with Crippen LogP contribution < -0.4 is 11.1 Å². The van der Waals surface area contributed by atoms with Gasteiger partial charge in [-0.3, -0.25) is 0 Å². The zero-order valence-corrected chi connectivity index (χ0v) is 10.0. The third kappa shape index (κ3) is 2.70. The molecule has 1 aliphatic rings. The molecular weight excluding hydrogens is 200 g/mol. The number of hydrogen-bond donors (Lipinski definition) is 2. The smallest absolute Gasteiger partial charge is 0.223 e. The molecule has 0 aliphatic heterocycles. The van der Waals surface area contributed by atoms with E-state index in [9.17, 15) is 0 Å². The Hall–Kier alpha value is -1.16. The minimum atomic E-state index is 0.234. The fourth-order valence-corrected chi connectivity index (χ4v) is 2.30. The maximum absolute atomic E-state index is 6.08. The molecule has 88 valence electrons. The van der Waals surface area contributed by atoms with Crippen LogP contribution in [0.25, 0.3) is 0 Å². The Balaban J connectivity index is 2.07. The molecule has 0 spiro atoms. The Kier molecular flexibility index (Phi) is 3.39. The number of nitrogens with zero attached hydrogens (tertiary/aromatic N) is 2. The average molecular weight is 220 g/mol. The molecule has 3 N–H and O–H groups in total. The lowest BCUT2D eigenvalue weighted by Gasteiger charge is -2.29. The van der Waals surface area contributed by atoms with E-state index in [2.05, 4.69) is 15.3 Å². The van der Waals surface area contributed by atoms with E-state index in [1.807, 2.05) is 19.9 Å². The van der Waals surface area contributed by atoms with Crippen LogP contribution in [0.2, 0.25) is 0 Å². The van der Waals surface area contributed by atoms with Crippen molar-refractivity contribution in [2.75, 3.05) is 5.32 Å². The van der Waals surface area contributed by atoms with Crippen molar-refractivity contribution in [3.8, 4) is 0 Å². The molecule has 1 aromatic heterocycles. The number of anilines is 1. The highest BCUT2D eigenvalue weighted by Crippen LogP contribution is 2.19. The summed E-state index contributed by atoms with van der Waals surface area (Å²) in [7, 11) is 0. The summed E-state index contributed by atoms with van der Waals surface area (Å²) in [4.78, 5) is 8.77. The SMILES string of the molecule is Cc1cc(C)nc(N[C@@H]2CCCC[C@H]2N)n1. The van der Waals surface area contributed by atoms with Gasteiger partial charge in [-0.15, -0.1) is 0 Å². The van der Waals surface area contributed by atoms with Gasteiger partial charge in [0.05, 0.1) is 0 Å². The molecular formula is C12H20N4. The molecule has 0 bridgehead atoms. The lowest BCUT2D eigenvalue weighted by Crippen LogP contribution is -2.43. The standard InChI is InChI=1S/C12H20N4/c1-8-7-9(2)15-12(14-8)16-11-6-4-3-5-10(11)13/h7,10-11H,3-6,13H2,1-2H3,(H,14,15,16)/t10-,11-/m1/s1. The van der Waals surface area contributed by atoms with E-state index in [1.54, 1.807) is 0 Å². The number of nitrogens with one attached hydrogen (secondary N) is 1. The third-order valence-corrected chi connectivity index (χ3v) is 3.12. The Morgan fingerprint density at radius 1 is 1.19 bits per heavy atom. The normalized spacial score (nSPS) is 25.4. The zero-order chi connectivity index (χ0) is 11.5. The van der Waals surface area contributed by atoms with Gasteiger partial charge in [-0.25, -0.2) is 9.97 Å². The van der Waals surface area contributed by atoms with E-state index in [4.69, 9.17) is 5.73 Å². The molecule has 16 heavy (non-hydrogen) atoms. The Morgan fingerprint density at radius 3 is 2.44 bits per heavy atom. The fraction of sp³-hybridized carbons (Fsp3) is 0.667. The molecule has 4 heteroatoms. The summed E-state index contributed by atoms with van der Waals surface area (Å²) in [6.45, 7) is 3.97. The Labute approximate surface area is 96.7 Å². The van der Waals surface area contributed by atoms with E-state index < -0.39 is 0 Å². The quantitative estimate of drug-likeness (QED) is 0.797. The highest BCUT2D eigenvalue weighted by Gasteiger charge is 2.22. The minimum absolute atomic E-state index is 0.234. The largest absolute Gasteiger partial charge is 0.350 e. The van der Waals surface area contributed by atoms with Crippen LogP contribution in [0.4, 0.5) is 5.95 Å². The molecule has 1 heterocycles. The van der Waals surface area contributed by atoms with Gasteiger partial charge in [0.15, 0.2) is 0 Å². The fourth-order valence-electron chi connectivity index (χ4n) is 2.30. The maximum Gasteiger partial charge on any atom is 0.223 e. The van der Waals surface area contributed by atoms with Gasteiger partial charge in [-0.2, -0.15) is 0 Å². The van der Waals surface area contributed by atoms with Crippen molar-refractivity contribution in [3.05, 3.63) is 17.5 Å². The molecule has 1 fully saturated rings. The highest BCUT2D eigenvalue weighted by atomic mass is 15.1. The van der Waals surface area contributed by atoms with Crippen LogP contribution in [0.5, 0.6) is 0 Å². The van der Waals surface area contributed by atoms with Crippen LogP contribution in [-0.4, -0.2) is 22.1 Å². The molecule has 1 aromatic rings. The Morgan fingerprint density at radius 2 is 1.81 bits per heavy atom. The van der Waals surface area contributed by atoms with Gasteiger partial charge in [0.25, 0.3) is 0 Å². The second-order valence-corrected chi connectivity index (χ2v) is 4.67. The summed E-state index contributed by atoms with van der Waals surface area (Å²) in [5.74, 6) is 0.722. The molecule has 2 atom stereocenters. The van der Waals surface area contributed by atoms with Crippen molar-refractivity contribution in [2.24, 2.45) is 5.73 Å². The molecule has 1 saturated carbocycles. The van der Waals surface area contributed by atoms with Gasteiger partial charge < -0.3 is 11.1 Å². The predicted molar refractivity (Wildman–Crippen MR) is 65.4 cm³/mol. The van der Waals surface area contributed by atoms with E-state index in [0.717, 1.165) is 30.2 Å². The van der Waals surface area contributed by atoms with E-state index >= 15 is 0 Å². The van der Waals surface area contributed by atoms with Crippen molar-refractivity contribution in [1.82, 2.24) is 9.97 Å². The number of nitrogens with two attached hydrogens (primary N) is 1. The number of aromatic nitrogens is 2. The molecule has 0 saturated heterocycles. The van der Waals surface area contributed by atoms with E-state index in [1.165, 1.54) is 12.8 Å². The molecule has 0 aromatic carbocycles. The molecule has 4 nitrogen and oxygen atoms in total. The van der Waals surface area contributed by atoms with Crippen LogP contribution in [0, 0.1) is 13.8 Å². The summed E-state index contributed by atoms with van der Waals surface area (Å²) in [5.41, 5.74) is 8.08. The van der Waals surface area contributed by atoms with Crippen molar-refractivity contribution in [1.29, 1.82) is 0 Å². The maximum atomic E-state index is 6.08. The molecule has 0 radical (unpaired) electrons. The second-order valence-electron chi connectivity index (χ2n) is 4.67. The van der Waals surface area contributed by atoms with E-state index in [-0.39, 0.29) is 6.04 Å². The lowest BCUT2D eigenvalue weighted by atomic mass is 9.91. The molecule has 0 unspecified atom stereocenters. The third-order valence-electron chi connectivity index (χ3n) is 3.12. The number of aryl methyl sites for hydroxylation is 2. The van der Waals surface area contributed by atoms with Gasteiger partial charge in [0.1, 0.15) is 0 Å². The number of rotatable bonds is 2. The first kappa shape index (κ1) is 11.3. The van der Waals surface area contributed by atoms with Crippen LogP contribution >= 0.6 is 0 Å². The monoisotopic (exact) mass is 220 g/mol. The minimum Gasteiger partial charge on any atom is -0.350 e. The predicted octanol–water partition coefficient (Wildman–Crippen LogP) is 1.78. The summed E-state index contributed by atoms with van der Waals surface area (Å²) in [5, 5.41) is 3.37. The first-order chi connectivity index (χ1) is 7.65. The first-order valence-electron chi connectivity index (χ1n) is 5.99. The van der Waals surface area contributed by atoms with Crippen molar-refractivity contribution in [2.45, 2.75) is 51.6 Å². The summed E-state index contributed by atoms with van der Waals surface area (Å²) >= 11 is 0. The average Bonchev–Trinajstić information content (AvgIpc) is 2.20. The molecule has 0 amide bonds.